The molecule has 0 bridgehead atoms. The van der Waals surface area contributed by atoms with Gasteiger partial charge in [-0.2, -0.15) is 0 Å². The minimum absolute atomic E-state index is 0.483. The van der Waals surface area contributed by atoms with Crippen LogP contribution in [-0.4, -0.2) is 22.3 Å². The van der Waals surface area contributed by atoms with Gasteiger partial charge < -0.3 is 5.11 Å². The summed E-state index contributed by atoms with van der Waals surface area (Å²) >= 11 is 0. The van der Waals surface area contributed by atoms with E-state index in [4.69, 9.17) is 5.21 Å². The molecule has 2 atom stereocenters. The molecule has 0 aliphatic rings. The molecule has 0 saturated carbocycles. The van der Waals surface area contributed by atoms with Crippen molar-refractivity contribution in [3.8, 4) is 0 Å². The largest absolute Gasteiger partial charge is 0.392 e. The van der Waals surface area contributed by atoms with Gasteiger partial charge in [0.05, 0.1) is 11.5 Å². The van der Waals surface area contributed by atoms with Gasteiger partial charge in [-0.15, -0.1) is 0 Å². The molecule has 0 fully saturated rings. The first-order valence-electron chi connectivity index (χ1n) is 3.61. The lowest BCUT2D eigenvalue weighted by Gasteiger charge is -2.28. The molecule has 0 aromatic rings. The Balaban J connectivity index is 4.45. The number of carbonyl (C=O) groups excluding carboxylic acids is 1. The van der Waals surface area contributed by atoms with Gasteiger partial charge >= 0.3 is 0 Å². The molecule has 0 aromatic carbocycles. The van der Waals surface area contributed by atoms with Crippen LogP contribution in [0.2, 0.25) is 0 Å². The first-order valence-corrected chi connectivity index (χ1v) is 3.61. The third-order valence-electron chi connectivity index (χ3n) is 2.28. The summed E-state index contributed by atoms with van der Waals surface area (Å²) in [5, 5.41) is 17.5. The molecule has 0 rings (SSSR count). The van der Waals surface area contributed by atoms with Crippen LogP contribution in [0.1, 0.15) is 27.2 Å². The van der Waals surface area contributed by atoms with Crippen LogP contribution in [0.3, 0.4) is 0 Å². The predicted octanol–water partition coefficient (Wildman–Crippen LogP) is 0.289. The van der Waals surface area contributed by atoms with Crippen molar-refractivity contribution in [2.24, 2.45) is 5.41 Å². The fourth-order valence-electron chi connectivity index (χ4n) is 0.773. The Morgan fingerprint density at radius 2 is 2.18 bits per heavy atom. The van der Waals surface area contributed by atoms with Crippen LogP contribution < -0.4 is 5.48 Å². The SMILES string of the molecule is CCC(C)(C(=O)NO)C(C)O. The summed E-state index contributed by atoms with van der Waals surface area (Å²) in [6.07, 6.45) is -0.281. The van der Waals surface area contributed by atoms with Crippen LogP contribution in [0, 0.1) is 5.41 Å². The Labute approximate surface area is 66.2 Å². The van der Waals surface area contributed by atoms with Gasteiger partial charge in [-0.25, -0.2) is 5.48 Å². The van der Waals surface area contributed by atoms with Gasteiger partial charge in [-0.1, -0.05) is 6.92 Å². The molecule has 0 saturated heterocycles. The molecule has 0 aliphatic carbocycles. The fraction of sp³-hybridized carbons (Fsp3) is 0.857. The lowest BCUT2D eigenvalue weighted by atomic mass is 9.82. The van der Waals surface area contributed by atoms with Crippen molar-refractivity contribution < 1.29 is 15.1 Å². The van der Waals surface area contributed by atoms with E-state index in [9.17, 15) is 9.90 Å². The Bertz CT molecular complexity index is 147. The quantitative estimate of drug-likeness (QED) is 0.411. The third kappa shape index (κ3) is 1.91. The molecule has 4 nitrogen and oxygen atoms in total. The summed E-state index contributed by atoms with van der Waals surface area (Å²) in [6, 6.07) is 0. The summed E-state index contributed by atoms with van der Waals surface area (Å²) < 4.78 is 0. The van der Waals surface area contributed by atoms with E-state index >= 15 is 0 Å². The van der Waals surface area contributed by atoms with Crippen molar-refractivity contribution in [3.63, 3.8) is 0 Å². The molecule has 3 N–H and O–H groups in total. The second-order valence-electron chi connectivity index (χ2n) is 2.89. The fourth-order valence-corrected chi connectivity index (χ4v) is 0.773. The number of aliphatic hydroxyl groups excluding tert-OH is 1. The minimum Gasteiger partial charge on any atom is -0.392 e. The van der Waals surface area contributed by atoms with Crippen molar-refractivity contribution in [3.05, 3.63) is 0 Å². The maximum atomic E-state index is 11.0. The first-order chi connectivity index (χ1) is 4.99. The molecule has 0 heterocycles. The Kier molecular flexibility index (Phi) is 3.48. The van der Waals surface area contributed by atoms with Crippen LogP contribution in [0.4, 0.5) is 0 Å². The summed E-state index contributed by atoms with van der Waals surface area (Å²) in [5.74, 6) is -0.546. The highest BCUT2D eigenvalue weighted by atomic mass is 16.5. The Hall–Kier alpha value is -0.610. The second-order valence-corrected chi connectivity index (χ2v) is 2.89. The van der Waals surface area contributed by atoms with Crippen LogP contribution in [-0.2, 0) is 4.79 Å². The molecular formula is C7H15NO3. The standard InChI is InChI=1S/C7H15NO3/c1-4-7(3,5(2)9)6(10)8-11/h5,9,11H,4H2,1-3H3,(H,8,10). The molecule has 4 heteroatoms. The van der Waals surface area contributed by atoms with Gasteiger partial charge in [0.25, 0.3) is 5.91 Å². The smallest absolute Gasteiger partial charge is 0.251 e. The molecule has 1 amide bonds. The van der Waals surface area contributed by atoms with E-state index in [1.54, 1.807) is 13.8 Å². The van der Waals surface area contributed by atoms with Gasteiger partial charge in [0.1, 0.15) is 0 Å². The highest BCUT2D eigenvalue weighted by molar-refractivity contribution is 5.81. The van der Waals surface area contributed by atoms with E-state index in [0.29, 0.717) is 6.42 Å². The third-order valence-corrected chi connectivity index (χ3v) is 2.28. The van der Waals surface area contributed by atoms with Crippen LogP contribution in [0.25, 0.3) is 0 Å². The van der Waals surface area contributed by atoms with E-state index < -0.39 is 17.4 Å². The number of hydrogen-bond acceptors (Lipinski definition) is 3. The van der Waals surface area contributed by atoms with Crippen molar-refractivity contribution >= 4 is 5.91 Å². The van der Waals surface area contributed by atoms with Crippen LogP contribution in [0.5, 0.6) is 0 Å². The lowest BCUT2D eigenvalue weighted by Crippen LogP contribution is -2.44. The Morgan fingerprint density at radius 1 is 1.73 bits per heavy atom. The van der Waals surface area contributed by atoms with Crippen molar-refractivity contribution in [2.45, 2.75) is 33.3 Å². The van der Waals surface area contributed by atoms with Gasteiger partial charge in [-0.05, 0) is 20.3 Å². The summed E-state index contributed by atoms with van der Waals surface area (Å²) in [7, 11) is 0. The highest BCUT2D eigenvalue weighted by Gasteiger charge is 2.35. The summed E-state index contributed by atoms with van der Waals surface area (Å²) in [4.78, 5) is 11.0. The molecule has 0 radical (unpaired) electrons. The van der Waals surface area contributed by atoms with E-state index in [-0.39, 0.29) is 0 Å². The van der Waals surface area contributed by atoms with Crippen LogP contribution in [0.15, 0.2) is 0 Å². The number of hydrogen-bond donors (Lipinski definition) is 3. The second kappa shape index (κ2) is 3.69. The lowest BCUT2D eigenvalue weighted by molar-refractivity contribution is -0.145. The maximum Gasteiger partial charge on any atom is 0.251 e. The number of rotatable bonds is 3. The Morgan fingerprint density at radius 3 is 2.27 bits per heavy atom. The van der Waals surface area contributed by atoms with E-state index in [2.05, 4.69) is 0 Å². The van der Waals surface area contributed by atoms with E-state index in [1.807, 2.05) is 0 Å². The van der Waals surface area contributed by atoms with Gasteiger partial charge in [0, 0.05) is 0 Å². The molecular weight excluding hydrogens is 146 g/mol. The zero-order valence-corrected chi connectivity index (χ0v) is 7.09. The number of amides is 1. The maximum absolute atomic E-state index is 11.0. The zero-order chi connectivity index (χ0) is 9.07. The highest BCUT2D eigenvalue weighted by Crippen LogP contribution is 2.25. The average molecular weight is 161 g/mol. The van der Waals surface area contributed by atoms with Crippen LogP contribution >= 0.6 is 0 Å². The van der Waals surface area contributed by atoms with Crippen molar-refractivity contribution in [1.29, 1.82) is 0 Å². The number of nitrogens with one attached hydrogen (secondary N) is 1. The molecule has 66 valence electrons. The average Bonchev–Trinajstić information content (AvgIpc) is 2.01. The summed E-state index contributed by atoms with van der Waals surface area (Å²) in [6.45, 7) is 4.91. The van der Waals surface area contributed by atoms with Crippen molar-refractivity contribution in [1.82, 2.24) is 5.48 Å². The van der Waals surface area contributed by atoms with Gasteiger partial charge in [0.15, 0.2) is 0 Å². The van der Waals surface area contributed by atoms with E-state index in [0.717, 1.165) is 0 Å². The molecule has 11 heavy (non-hydrogen) atoms. The van der Waals surface area contributed by atoms with Crippen molar-refractivity contribution in [2.75, 3.05) is 0 Å². The monoisotopic (exact) mass is 161 g/mol. The van der Waals surface area contributed by atoms with E-state index in [1.165, 1.54) is 12.4 Å². The van der Waals surface area contributed by atoms with Gasteiger partial charge in [-0.3, -0.25) is 10.0 Å². The van der Waals surface area contributed by atoms with Gasteiger partial charge in [0.2, 0.25) is 0 Å². The first kappa shape index (κ1) is 10.4. The minimum atomic E-state index is -0.894. The number of hydroxylamine groups is 1. The molecule has 0 spiro atoms. The molecule has 0 aliphatic heterocycles. The normalized spacial score (nSPS) is 18.6. The molecule has 2 unspecified atom stereocenters. The topological polar surface area (TPSA) is 69.6 Å². The predicted molar refractivity (Wildman–Crippen MR) is 40.0 cm³/mol. The number of carbonyl (C=O) groups is 1. The summed E-state index contributed by atoms with van der Waals surface area (Å²) in [5.41, 5.74) is 0.645. The zero-order valence-electron chi connectivity index (χ0n) is 7.09. The molecule has 0 aromatic heterocycles. The number of aliphatic hydroxyl groups is 1.